The largest absolute Gasteiger partial charge is 0.345 e. The molecule has 3 amide bonds. The average molecular weight is 378 g/mol. The zero-order valence-electron chi connectivity index (χ0n) is 14.9. The molecule has 3 N–H and O–H groups in total. The van der Waals surface area contributed by atoms with Crippen molar-refractivity contribution >= 4 is 28.8 Å². The van der Waals surface area contributed by atoms with Crippen LogP contribution in [-0.2, 0) is 16.1 Å². The Labute approximate surface area is 160 Å². The number of nitrogens with one attached hydrogen (secondary N) is 3. The van der Waals surface area contributed by atoms with E-state index in [0.717, 1.165) is 29.4 Å². The van der Waals surface area contributed by atoms with Crippen LogP contribution in [0.3, 0.4) is 0 Å². The first-order valence-electron chi connectivity index (χ1n) is 8.88. The Hall–Kier alpha value is -3.75. The highest BCUT2D eigenvalue weighted by Gasteiger charge is 2.26. The van der Waals surface area contributed by atoms with Crippen LogP contribution >= 0.6 is 0 Å². The molecule has 1 fully saturated rings. The summed E-state index contributed by atoms with van der Waals surface area (Å²) in [4.78, 5) is 35.3. The third-order valence-electron chi connectivity index (χ3n) is 4.38. The number of para-hydroxylation sites is 1. The summed E-state index contributed by atoms with van der Waals surface area (Å²) in [5.74, 6) is -2.15. The van der Waals surface area contributed by atoms with Gasteiger partial charge in [0.05, 0.1) is 12.1 Å². The lowest BCUT2D eigenvalue weighted by molar-refractivity contribution is -0.139. The van der Waals surface area contributed by atoms with Crippen LogP contribution in [0, 0.1) is 0 Å². The first-order chi connectivity index (χ1) is 13.6. The van der Waals surface area contributed by atoms with Crippen LogP contribution < -0.4 is 16.2 Å². The first-order valence-corrected chi connectivity index (χ1v) is 8.88. The van der Waals surface area contributed by atoms with Crippen molar-refractivity contribution in [1.82, 2.24) is 31.2 Å². The SMILES string of the molecule is O=C(NNC(=O)c1ccc(Cn2nnc3ccccc32)cc1)C(=O)NC1CC1. The topological polar surface area (TPSA) is 118 Å². The van der Waals surface area contributed by atoms with Gasteiger partial charge in [-0.3, -0.25) is 25.2 Å². The van der Waals surface area contributed by atoms with Crippen LogP contribution in [-0.4, -0.2) is 38.8 Å². The second-order valence-corrected chi connectivity index (χ2v) is 6.59. The summed E-state index contributed by atoms with van der Waals surface area (Å²) in [5, 5.41) is 10.8. The summed E-state index contributed by atoms with van der Waals surface area (Å²) >= 11 is 0. The van der Waals surface area contributed by atoms with Crippen LogP contribution in [0.5, 0.6) is 0 Å². The molecular weight excluding hydrogens is 360 g/mol. The summed E-state index contributed by atoms with van der Waals surface area (Å²) in [7, 11) is 0. The van der Waals surface area contributed by atoms with Crippen molar-refractivity contribution in [3.8, 4) is 0 Å². The smallest absolute Gasteiger partial charge is 0.327 e. The highest BCUT2D eigenvalue weighted by molar-refractivity contribution is 6.35. The maximum Gasteiger partial charge on any atom is 0.327 e. The van der Waals surface area contributed by atoms with Gasteiger partial charge in [-0.05, 0) is 42.7 Å². The maximum atomic E-state index is 12.1. The minimum atomic E-state index is -0.894. The molecule has 9 nitrogen and oxygen atoms in total. The summed E-state index contributed by atoms with van der Waals surface area (Å²) in [6.45, 7) is 0.514. The molecule has 0 atom stereocenters. The minimum Gasteiger partial charge on any atom is -0.345 e. The number of hydrogen-bond donors (Lipinski definition) is 3. The molecule has 1 heterocycles. The number of rotatable bonds is 4. The van der Waals surface area contributed by atoms with Crippen molar-refractivity contribution in [3.63, 3.8) is 0 Å². The van der Waals surface area contributed by atoms with Crippen molar-refractivity contribution in [1.29, 1.82) is 0 Å². The Morgan fingerprint density at radius 1 is 0.964 bits per heavy atom. The van der Waals surface area contributed by atoms with Gasteiger partial charge in [0.15, 0.2) is 0 Å². The molecule has 0 unspecified atom stereocenters. The number of amides is 3. The van der Waals surface area contributed by atoms with Gasteiger partial charge in [0.2, 0.25) is 0 Å². The summed E-state index contributed by atoms with van der Waals surface area (Å²) in [5.41, 5.74) is 7.40. The molecule has 1 aromatic heterocycles. The van der Waals surface area contributed by atoms with E-state index in [1.54, 1.807) is 28.9 Å². The van der Waals surface area contributed by atoms with Crippen LogP contribution in [0.15, 0.2) is 48.5 Å². The van der Waals surface area contributed by atoms with Crippen LogP contribution in [0.25, 0.3) is 11.0 Å². The lowest BCUT2D eigenvalue weighted by Gasteiger charge is -2.08. The van der Waals surface area contributed by atoms with Crippen molar-refractivity contribution in [2.24, 2.45) is 0 Å². The van der Waals surface area contributed by atoms with Gasteiger partial charge in [-0.25, -0.2) is 4.68 Å². The second-order valence-electron chi connectivity index (χ2n) is 6.59. The maximum absolute atomic E-state index is 12.1. The molecule has 0 radical (unpaired) electrons. The lowest BCUT2D eigenvalue weighted by atomic mass is 10.1. The fraction of sp³-hybridized carbons (Fsp3) is 0.211. The van der Waals surface area contributed by atoms with Crippen molar-refractivity contribution in [2.75, 3.05) is 0 Å². The molecule has 0 saturated heterocycles. The molecule has 4 rings (SSSR count). The van der Waals surface area contributed by atoms with Gasteiger partial charge >= 0.3 is 11.8 Å². The normalized spacial score (nSPS) is 13.1. The van der Waals surface area contributed by atoms with E-state index in [-0.39, 0.29) is 6.04 Å². The number of carbonyl (C=O) groups excluding carboxylic acids is 3. The predicted octanol–water partition coefficient (Wildman–Crippen LogP) is 0.519. The van der Waals surface area contributed by atoms with Gasteiger partial charge in [0, 0.05) is 11.6 Å². The third-order valence-corrected chi connectivity index (χ3v) is 4.38. The summed E-state index contributed by atoms with van der Waals surface area (Å²) in [6, 6.07) is 14.6. The molecule has 1 aliphatic carbocycles. The monoisotopic (exact) mass is 378 g/mol. The Bertz CT molecular complexity index is 1040. The standard InChI is InChI=1S/C19H18N6O3/c26-17(22-23-19(28)18(27)20-14-9-10-14)13-7-5-12(6-8-13)11-25-16-4-2-1-3-15(16)21-24-25/h1-8,14H,9-11H2,(H,20,27)(H,22,26)(H,23,28). The van der Waals surface area contributed by atoms with Crippen LogP contribution in [0.4, 0.5) is 0 Å². The number of nitrogens with zero attached hydrogens (tertiary/aromatic N) is 3. The van der Waals surface area contributed by atoms with E-state index in [9.17, 15) is 14.4 Å². The molecule has 28 heavy (non-hydrogen) atoms. The van der Waals surface area contributed by atoms with Crippen LogP contribution in [0.2, 0.25) is 0 Å². The molecule has 142 valence electrons. The summed E-state index contributed by atoms with van der Waals surface area (Å²) < 4.78 is 1.78. The van der Waals surface area contributed by atoms with Crippen molar-refractivity contribution in [2.45, 2.75) is 25.4 Å². The van der Waals surface area contributed by atoms with Crippen LogP contribution in [0.1, 0.15) is 28.8 Å². The zero-order chi connectivity index (χ0) is 19.5. The summed E-state index contributed by atoms with van der Waals surface area (Å²) in [6.07, 6.45) is 1.75. The van der Waals surface area contributed by atoms with E-state index in [4.69, 9.17) is 0 Å². The van der Waals surface area contributed by atoms with Gasteiger partial charge in [0.25, 0.3) is 5.91 Å². The zero-order valence-corrected chi connectivity index (χ0v) is 14.9. The quantitative estimate of drug-likeness (QED) is 0.452. The number of fused-ring (bicyclic) bond motifs is 1. The molecule has 9 heteroatoms. The Morgan fingerprint density at radius 2 is 1.71 bits per heavy atom. The van der Waals surface area contributed by atoms with E-state index < -0.39 is 17.7 Å². The average Bonchev–Trinajstić information content (AvgIpc) is 3.45. The Kier molecular flexibility index (Phi) is 4.71. The molecule has 3 aromatic rings. The number of carbonyl (C=O) groups is 3. The number of benzene rings is 2. The van der Waals surface area contributed by atoms with Gasteiger partial charge < -0.3 is 5.32 Å². The molecular formula is C19H18N6O3. The van der Waals surface area contributed by atoms with Gasteiger partial charge in [-0.2, -0.15) is 0 Å². The van der Waals surface area contributed by atoms with Crippen molar-refractivity contribution in [3.05, 3.63) is 59.7 Å². The fourth-order valence-corrected chi connectivity index (χ4v) is 2.69. The second kappa shape index (κ2) is 7.47. The molecule has 0 aliphatic heterocycles. The van der Waals surface area contributed by atoms with E-state index in [0.29, 0.717) is 12.1 Å². The highest BCUT2D eigenvalue weighted by Crippen LogP contribution is 2.18. The third kappa shape index (κ3) is 3.98. The highest BCUT2D eigenvalue weighted by atomic mass is 16.2. The Morgan fingerprint density at radius 3 is 2.46 bits per heavy atom. The Balaban J connectivity index is 1.34. The number of hydrogen-bond acceptors (Lipinski definition) is 5. The van der Waals surface area contributed by atoms with Gasteiger partial charge in [-0.1, -0.05) is 29.5 Å². The minimum absolute atomic E-state index is 0.0728. The predicted molar refractivity (Wildman–Crippen MR) is 99.8 cm³/mol. The van der Waals surface area contributed by atoms with Gasteiger partial charge in [-0.15, -0.1) is 5.10 Å². The van der Waals surface area contributed by atoms with E-state index in [1.807, 2.05) is 24.3 Å². The molecule has 0 bridgehead atoms. The van der Waals surface area contributed by atoms with E-state index in [2.05, 4.69) is 26.5 Å². The molecule has 1 aliphatic rings. The molecule has 2 aromatic carbocycles. The van der Waals surface area contributed by atoms with E-state index in [1.165, 1.54) is 0 Å². The number of hydrazine groups is 1. The molecule has 0 spiro atoms. The fourth-order valence-electron chi connectivity index (χ4n) is 2.69. The molecule has 1 saturated carbocycles. The first kappa shape index (κ1) is 17.7. The number of aromatic nitrogens is 3. The van der Waals surface area contributed by atoms with Crippen molar-refractivity contribution < 1.29 is 14.4 Å². The van der Waals surface area contributed by atoms with E-state index >= 15 is 0 Å². The van der Waals surface area contributed by atoms with Gasteiger partial charge in [0.1, 0.15) is 5.52 Å². The lowest BCUT2D eigenvalue weighted by Crippen LogP contribution is -2.48.